The minimum absolute atomic E-state index is 0.0434. The van der Waals surface area contributed by atoms with E-state index in [1.807, 2.05) is 0 Å². The second-order valence-corrected chi connectivity index (χ2v) is 7.61. The van der Waals surface area contributed by atoms with E-state index in [1.54, 1.807) is 18.2 Å². The smallest absolute Gasteiger partial charge is 0.224 e. The maximum Gasteiger partial charge on any atom is 0.224 e. The molecule has 0 saturated carbocycles. The minimum Gasteiger partial charge on any atom is -0.326 e. The second kappa shape index (κ2) is 10.7. The fourth-order valence-electron chi connectivity index (χ4n) is 3.18. The van der Waals surface area contributed by atoms with Crippen LogP contribution >= 0.6 is 23.2 Å². The van der Waals surface area contributed by atoms with Crippen molar-refractivity contribution in [2.24, 2.45) is 11.8 Å². The lowest BCUT2D eigenvalue weighted by molar-refractivity contribution is -0.117. The highest BCUT2D eigenvalue weighted by molar-refractivity contribution is 6.42. The van der Waals surface area contributed by atoms with Gasteiger partial charge in [0.05, 0.1) is 10.0 Å². The van der Waals surface area contributed by atoms with Crippen molar-refractivity contribution in [3.8, 4) is 0 Å². The quantitative estimate of drug-likeness (QED) is 0.560. The van der Waals surface area contributed by atoms with Gasteiger partial charge in [-0.3, -0.25) is 4.79 Å². The van der Waals surface area contributed by atoms with E-state index in [-0.39, 0.29) is 5.91 Å². The van der Waals surface area contributed by atoms with E-state index in [4.69, 9.17) is 23.2 Å². The van der Waals surface area contributed by atoms with Crippen LogP contribution in [0, 0.1) is 11.8 Å². The van der Waals surface area contributed by atoms with Crippen LogP contribution in [-0.2, 0) is 4.79 Å². The normalized spacial score (nSPS) is 24.6. The minimum atomic E-state index is 0.0434. The largest absolute Gasteiger partial charge is 0.326 e. The topological polar surface area (TPSA) is 29.1 Å². The van der Waals surface area contributed by atoms with Crippen LogP contribution in [0.1, 0.15) is 51.9 Å². The Balaban J connectivity index is 1.95. The fraction of sp³-hybridized carbons (Fsp3) is 0.476. The Bertz CT molecular complexity index is 624. The van der Waals surface area contributed by atoms with Crippen LogP contribution in [0.3, 0.4) is 0 Å². The monoisotopic (exact) mass is 379 g/mol. The molecule has 4 heteroatoms. The molecule has 0 radical (unpaired) electrons. The van der Waals surface area contributed by atoms with Crippen molar-refractivity contribution in [3.05, 3.63) is 52.5 Å². The molecule has 0 heterocycles. The molecule has 0 spiro atoms. The van der Waals surface area contributed by atoms with Gasteiger partial charge in [-0.05, 0) is 68.6 Å². The summed E-state index contributed by atoms with van der Waals surface area (Å²) in [6, 6.07) is 5.18. The number of halogens is 2. The van der Waals surface area contributed by atoms with Crippen LogP contribution in [0.4, 0.5) is 5.69 Å². The Morgan fingerprint density at radius 1 is 1.00 bits per heavy atom. The summed E-state index contributed by atoms with van der Waals surface area (Å²) in [5.41, 5.74) is 0.697. The first kappa shape index (κ1) is 20.1. The van der Waals surface area contributed by atoms with E-state index < -0.39 is 0 Å². The van der Waals surface area contributed by atoms with Gasteiger partial charge in [-0.15, -0.1) is 0 Å². The third kappa shape index (κ3) is 7.25. The number of carbonyl (C=O) groups is 1. The Labute approximate surface area is 161 Å². The van der Waals surface area contributed by atoms with E-state index in [9.17, 15) is 4.79 Å². The van der Waals surface area contributed by atoms with Crippen molar-refractivity contribution < 1.29 is 4.79 Å². The third-order valence-electron chi connectivity index (χ3n) is 4.78. The molecule has 2 nitrogen and oxygen atoms in total. The lowest BCUT2D eigenvalue weighted by atomic mass is 9.83. The molecule has 1 aliphatic rings. The zero-order chi connectivity index (χ0) is 18.1. The predicted molar refractivity (Wildman–Crippen MR) is 108 cm³/mol. The van der Waals surface area contributed by atoms with Gasteiger partial charge in [0, 0.05) is 12.1 Å². The van der Waals surface area contributed by atoms with Gasteiger partial charge >= 0.3 is 0 Å². The Hall–Kier alpha value is -1.25. The average Bonchev–Trinajstić information content (AvgIpc) is 2.57. The molecule has 2 atom stereocenters. The van der Waals surface area contributed by atoms with Crippen molar-refractivity contribution in [2.45, 2.75) is 51.9 Å². The Morgan fingerprint density at radius 3 is 2.32 bits per heavy atom. The van der Waals surface area contributed by atoms with Crippen molar-refractivity contribution >= 4 is 34.8 Å². The van der Waals surface area contributed by atoms with Crippen LogP contribution in [0.5, 0.6) is 0 Å². The second-order valence-electron chi connectivity index (χ2n) is 6.79. The molecule has 1 N–H and O–H groups in total. The molecule has 1 amide bonds. The molecule has 25 heavy (non-hydrogen) atoms. The molecule has 0 aromatic heterocycles. The molecular weight excluding hydrogens is 353 g/mol. The van der Waals surface area contributed by atoms with Crippen molar-refractivity contribution in [1.29, 1.82) is 0 Å². The van der Waals surface area contributed by atoms with Crippen LogP contribution in [-0.4, -0.2) is 5.91 Å². The summed E-state index contributed by atoms with van der Waals surface area (Å²) >= 11 is 11.9. The molecule has 2 unspecified atom stereocenters. The van der Waals surface area contributed by atoms with E-state index in [2.05, 4.69) is 36.5 Å². The fourth-order valence-corrected chi connectivity index (χ4v) is 3.48. The summed E-state index contributed by atoms with van der Waals surface area (Å²) in [6.07, 6.45) is 16.1. The molecule has 136 valence electrons. The lowest BCUT2D eigenvalue weighted by Gasteiger charge is -2.23. The number of anilines is 1. The third-order valence-corrected chi connectivity index (χ3v) is 5.52. The maximum absolute atomic E-state index is 12.5. The van der Waals surface area contributed by atoms with E-state index in [0.29, 0.717) is 34.0 Å². The lowest BCUT2D eigenvalue weighted by Crippen LogP contribution is -2.21. The van der Waals surface area contributed by atoms with Gasteiger partial charge in [0.25, 0.3) is 0 Å². The molecule has 2 rings (SSSR count). The zero-order valence-corrected chi connectivity index (χ0v) is 16.3. The van der Waals surface area contributed by atoms with Crippen molar-refractivity contribution in [3.63, 3.8) is 0 Å². The number of hydrogen-bond donors (Lipinski definition) is 1. The summed E-state index contributed by atoms with van der Waals surface area (Å²) < 4.78 is 0. The summed E-state index contributed by atoms with van der Waals surface area (Å²) in [5.74, 6) is 0.958. The average molecular weight is 380 g/mol. The van der Waals surface area contributed by atoms with Crippen molar-refractivity contribution in [1.82, 2.24) is 0 Å². The number of carbonyl (C=O) groups excluding carboxylic acids is 1. The number of benzene rings is 1. The first-order valence-electron chi connectivity index (χ1n) is 9.11. The molecule has 1 aromatic carbocycles. The predicted octanol–water partition coefficient (Wildman–Crippen LogP) is 7.04. The van der Waals surface area contributed by atoms with Gasteiger partial charge in [-0.1, -0.05) is 54.4 Å². The van der Waals surface area contributed by atoms with E-state index >= 15 is 0 Å². The first-order chi connectivity index (χ1) is 12.1. The van der Waals surface area contributed by atoms with Gasteiger partial charge in [-0.2, -0.15) is 0 Å². The Morgan fingerprint density at radius 2 is 1.64 bits per heavy atom. The van der Waals surface area contributed by atoms with Gasteiger partial charge in [0.1, 0.15) is 0 Å². The Kier molecular flexibility index (Phi) is 8.57. The highest BCUT2D eigenvalue weighted by Crippen LogP contribution is 2.28. The molecule has 0 aliphatic heterocycles. The summed E-state index contributed by atoms with van der Waals surface area (Å²) in [4.78, 5) is 12.5. The van der Waals surface area contributed by atoms with Gasteiger partial charge in [0.15, 0.2) is 0 Å². The highest BCUT2D eigenvalue weighted by atomic mass is 35.5. The van der Waals surface area contributed by atoms with E-state index in [1.165, 1.54) is 0 Å². The van der Waals surface area contributed by atoms with Crippen LogP contribution in [0.25, 0.3) is 0 Å². The zero-order valence-electron chi connectivity index (χ0n) is 14.8. The summed E-state index contributed by atoms with van der Waals surface area (Å²) in [7, 11) is 0. The number of hydrogen-bond acceptors (Lipinski definition) is 1. The molecular formula is C21H27Cl2NO. The number of amides is 1. The van der Waals surface area contributed by atoms with Gasteiger partial charge < -0.3 is 5.32 Å². The molecule has 1 aromatic rings. The number of nitrogens with one attached hydrogen (secondary N) is 1. The van der Waals surface area contributed by atoms with Gasteiger partial charge in [-0.25, -0.2) is 0 Å². The molecule has 0 bridgehead atoms. The SMILES string of the molecule is CC1CC/C=C/CC/C=C\CCC1CC(=O)Nc1ccc(Cl)c(Cl)c1. The molecule has 1 aliphatic carbocycles. The van der Waals surface area contributed by atoms with E-state index in [0.717, 1.165) is 38.5 Å². The maximum atomic E-state index is 12.5. The van der Waals surface area contributed by atoms with Crippen molar-refractivity contribution in [2.75, 3.05) is 5.32 Å². The van der Waals surface area contributed by atoms with Gasteiger partial charge in [0.2, 0.25) is 5.91 Å². The first-order valence-corrected chi connectivity index (χ1v) is 9.86. The standard InChI is InChI=1S/C21H27Cl2NO/c1-16-10-8-6-4-2-3-5-7-9-11-17(16)14-21(25)24-18-12-13-19(22)20(23)15-18/h4-7,12-13,15-17H,2-3,8-11,14H2,1H3,(H,24,25)/b6-4+,7-5-. The summed E-state index contributed by atoms with van der Waals surface area (Å²) in [5, 5.41) is 3.90. The summed E-state index contributed by atoms with van der Waals surface area (Å²) in [6.45, 7) is 2.26. The molecule has 0 saturated heterocycles. The van der Waals surface area contributed by atoms with Crippen LogP contribution in [0.2, 0.25) is 10.0 Å². The van der Waals surface area contributed by atoms with Crippen LogP contribution in [0.15, 0.2) is 42.5 Å². The highest BCUT2D eigenvalue weighted by Gasteiger charge is 2.20. The number of rotatable bonds is 3. The molecule has 0 fully saturated rings. The van der Waals surface area contributed by atoms with Crippen LogP contribution < -0.4 is 5.32 Å². The number of allylic oxidation sites excluding steroid dienone is 4.